The lowest BCUT2D eigenvalue weighted by atomic mass is 10.1. The molecule has 1 aliphatic heterocycles. The summed E-state index contributed by atoms with van der Waals surface area (Å²) in [7, 11) is 0. The number of nitriles is 1. The molecule has 1 aliphatic rings. The monoisotopic (exact) mass is 247 g/mol. The van der Waals surface area contributed by atoms with Gasteiger partial charge in [-0.1, -0.05) is 6.07 Å². The minimum atomic E-state index is -0.869. The van der Waals surface area contributed by atoms with Crippen molar-refractivity contribution in [3.8, 4) is 6.07 Å². The number of hydrogen-bond donors (Lipinski definition) is 1. The van der Waals surface area contributed by atoms with E-state index in [1.54, 1.807) is 18.2 Å². The smallest absolute Gasteiger partial charge is 0.305 e. The number of hydrogen-bond acceptors (Lipinski definition) is 5. The maximum Gasteiger partial charge on any atom is 0.305 e. The third-order valence-corrected chi connectivity index (χ3v) is 2.78. The summed E-state index contributed by atoms with van der Waals surface area (Å²) >= 11 is 0. The number of carboxylic acid groups (broad SMARTS) is 1. The largest absolute Gasteiger partial charge is 0.481 e. The zero-order chi connectivity index (χ0) is 13.0. The van der Waals surface area contributed by atoms with E-state index in [4.69, 9.17) is 15.1 Å². The molecule has 1 N–H and O–H groups in total. The van der Waals surface area contributed by atoms with Crippen LogP contribution in [-0.2, 0) is 9.53 Å². The SMILES string of the molecule is N#Cc1cccc(N2CCOCC2CC(=O)O)n1. The molecule has 2 rings (SSSR count). The Balaban J connectivity index is 2.22. The van der Waals surface area contributed by atoms with Crippen LogP contribution in [0.4, 0.5) is 5.82 Å². The van der Waals surface area contributed by atoms with E-state index < -0.39 is 5.97 Å². The van der Waals surface area contributed by atoms with E-state index in [0.717, 1.165) is 0 Å². The normalized spacial score (nSPS) is 19.3. The number of morpholine rings is 1. The summed E-state index contributed by atoms with van der Waals surface area (Å²) in [6, 6.07) is 6.88. The Morgan fingerprint density at radius 1 is 1.67 bits per heavy atom. The van der Waals surface area contributed by atoms with Gasteiger partial charge in [-0.15, -0.1) is 0 Å². The van der Waals surface area contributed by atoms with E-state index in [1.165, 1.54) is 0 Å². The van der Waals surface area contributed by atoms with Gasteiger partial charge in [-0.2, -0.15) is 5.26 Å². The van der Waals surface area contributed by atoms with Gasteiger partial charge in [0.15, 0.2) is 0 Å². The van der Waals surface area contributed by atoms with E-state index in [0.29, 0.717) is 31.3 Å². The van der Waals surface area contributed by atoms with Crippen LogP contribution in [0.1, 0.15) is 12.1 Å². The number of carbonyl (C=O) groups is 1. The summed E-state index contributed by atoms with van der Waals surface area (Å²) in [5, 5.41) is 17.7. The van der Waals surface area contributed by atoms with Crippen molar-refractivity contribution in [3.05, 3.63) is 23.9 Å². The summed E-state index contributed by atoms with van der Waals surface area (Å²) in [5.41, 5.74) is 0.327. The Hall–Kier alpha value is -2.13. The number of aromatic nitrogens is 1. The molecule has 1 aromatic heterocycles. The highest BCUT2D eigenvalue weighted by molar-refractivity contribution is 5.68. The first-order valence-electron chi connectivity index (χ1n) is 5.64. The van der Waals surface area contributed by atoms with Gasteiger partial charge < -0.3 is 14.7 Å². The topological polar surface area (TPSA) is 86.5 Å². The van der Waals surface area contributed by atoms with E-state index in [-0.39, 0.29) is 12.5 Å². The number of pyridine rings is 1. The van der Waals surface area contributed by atoms with Crippen LogP contribution in [0.2, 0.25) is 0 Å². The number of rotatable bonds is 3. The highest BCUT2D eigenvalue weighted by Gasteiger charge is 2.26. The molecule has 0 aliphatic carbocycles. The van der Waals surface area contributed by atoms with Crippen LogP contribution < -0.4 is 4.90 Å². The van der Waals surface area contributed by atoms with Crippen molar-refractivity contribution in [2.75, 3.05) is 24.7 Å². The lowest BCUT2D eigenvalue weighted by Crippen LogP contribution is -2.47. The van der Waals surface area contributed by atoms with Crippen molar-refractivity contribution in [2.45, 2.75) is 12.5 Å². The molecule has 0 aromatic carbocycles. The summed E-state index contributed by atoms with van der Waals surface area (Å²) in [4.78, 5) is 16.9. The first-order chi connectivity index (χ1) is 8.70. The van der Waals surface area contributed by atoms with Crippen LogP contribution in [-0.4, -0.2) is 41.9 Å². The quantitative estimate of drug-likeness (QED) is 0.843. The Morgan fingerprint density at radius 2 is 2.50 bits per heavy atom. The second kappa shape index (κ2) is 5.47. The first-order valence-corrected chi connectivity index (χ1v) is 5.64. The molecule has 18 heavy (non-hydrogen) atoms. The standard InChI is InChI=1S/C12H13N3O3/c13-7-9-2-1-3-11(14-9)15-4-5-18-8-10(15)6-12(16)17/h1-3,10H,4-6,8H2,(H,16,17). The lowest BCUT2D eigenvalue weighted by molar-refractivity contribution is -0.138. The van der Waals surface area contributed by atoms with Crippen molar-refractivity contribution >= 4 is 11.8 Å². The van der Waals surface area contributed by atoms with Gasteiger partial charge in [0.25, 0.3) is 0 Å². The molecule has 0 bridgehead atoms. The highest BCUT2D eigenvalue weighted by atomic mass is 16.5. The van der Waals surface area contributed by atoms with Gasteiger partial charge in [-0.25, -0.2) is 4.98 Å². The number of aliphatic carboxylic acids is 1. The molecule has 0 amide bonds. The molecule has 94 valence electrons. The molecule has 0 saturated carbocycles. The summed E-state index contributed by atoms with van der Waals surface area (Å²) in [5.74, 6) is -0.240. The number of carboxylic acids is 1. The van der Waals surface area contributed by atoms with E-state index in [9.17, 15) is 4.79 Å². The van der Waals surface area contributed by atoms with Gasteiger partial charge in [0, 0.05) is 6.54 Å². The van der Waals surface area contributed by atoms with Gasteiger partial charge >= 0.3 is 5.97 Å². The van der Waals surface area contributed by atoms with E-state index in [1.807, 2.05) is 11.0 Å². The van der Waals surface area contributed by atoms with Crippen molar-refractivity contribution in [1.82, 2.24) is 4.98 Å². The minimum Gasteiger partial charge on any atom is -0.481 e. The van der Waals surface area contributed by atoms with Crippen LogP contribution in [0.25, 0.3) is 0 Å². The fourth-order valence-corrected chi connectivity index (χ4v) is 1.97. The van der Waals surface area contributed by atoms with Crippen molar-refractivity contribution < 1.29 is 14.6 Å². The van der Waals surface area contributed by atoms with Crippen LogP contribution in [0.5, 0.6) is 0 Å². The number of anilines is 1. The Morgan fingerprint density at radius 3 is 3.22 bits per heavy atom. The maximum atomic E-state index is 10.8. The van der Waals surface area contributed by atoms with Gasteiger partial charge in [-0.3, -0.25) is 4.79 Å². The molecule has 1 aromatic rings. The maximum absolute atomic E-state index is 10.8. The number of nitrogens with zero attached hydrogens (tertiary/aromatic N) is 3. The van der Waals surface area contributed by atoms with Crippen LogP contribution in [0.15, 0.2) is 18.2 Å². The van der Waals surface area contributed by atoms with Gasteiger partial charge in [0.05, 0.1) is 25.7 Å². The van der Waals surface area contributed by atoms with Gasteiger partial charge in [0.1, 0.15) is 17.6 Å². The molecule has 2 heterocycles. The molecule has 6 nitrogen and oxygen atoms in total. The summed E-state index contributed by atoms with van der Waals surface area (Å²) in [6.07, 6.45) is -0.00153. The molecule has 1 fully saturated rings. The third kappa shape index (κ3) is 2.76. The molecule has 0 spiro atoms. The predicted molar refractivity (Wildman–Crippen MR) is 63.2 cm³/mol. The predicted octanol–water partition coefficient (Wildman–Crippen LogP) is 0.633. The summed E-state index contributed by atoms with van der Waals surface area (Å²) in [6.45, 7) is 1.49. The zero-order valence-corrected chi connectivity index (χ0v) is 9.74. The van der Waals surface area contributed by atoms with Gasteiger partial charge in [-0.05, 0) is 12.1 Å². The molecule has 1 unspecified atom stereocenters. The highest BCUT2D eigenvalue weighted by Crippen LogP contribution is 2.19. The molecular weight excluding hydrogens is 234 g/mol. The van der Waals surface area contributed by atoms with Crippen molar-refractivity contribution in [2.24, 2.45) is 0 Å². The fraction of sp³-hybridized carbons (Fsp3) is 0.417. The zero-order valence-electron chi connectivity index (χ0n) is 9.74. The van der Waals surface area contributed by atoms with E-state index in [2.05, 4.69) is 4.98 Å². The minimum absolute atomic E-state index is 0.00153. The van der Waals surface area contributed by atoms with Gasteiger partial charge in [0.2, 0.25) is 0 Å². The lowest BCUT2D eigenvalue weighted by Gasteiger charge is -2.35. The van der Waals surface area contributed by atoms with Crippen LogP contribution in [0, 0.1) is 11.3 Å². The average Bonchev–Trinajstić information content (AvgIpc) is 2.39. The first kappa shape index (κ1) is 12.3. The molecule has 0 radical (unpaired) electrons. The number of ether oxygens (including phenoxy) is 1. The second-order valence-electron chi connectivity index (χ2n) is 4.01. The molecule has 1 saturated heterocycles. The molecular formula is C12H13N3O3. The Kier molecular flexibility index (Phi) is 3.75. The summed E-state index contributed by atoms with van der Waals surface area (Å²) < 4.78 is 5.29. The molecule has 6 heteroatoms. The second-order valence-corrected chi connectivity index (χ2v) is 4.01. The van der Waals surface area contributed by atoms with Crippen LogP contribution in [0.3, 0.4) is 0 Å². The Labute approximate surface area is 104 Å². The van der Waals surface area contributed by atoms with E-state index >= 15 is 0 Å². The van der Waals surface area contributed by atoms with Crippen molar-refractivity contribution in [3.63, 3.8) is 0 Å². The average molecular weight is 247 g/mol. The third-order valence-electron chi connectivity index (χ3n) is 2.78. The Bertz CT molecular complexity index is 484. The van der Waals surface area contributed by atoms with Crippen molar-refractivity contribution in [1.29, 1.82) is 5.26 Å². The molecule has 1 atom stereocenters. The fourth-order valence-electron chi connectivity index (χ4n) is 1.97. The van der Waals surface area contributed by atoms with Crippen LogP contribution >= 0.6 is 0 Å².